The highest BCUT2D eigenvalue weighted by atomic mass is 16.5. The fourth-order valence-corrected chi connectivity index (χ4v) is 3.16. The summed E-state index contributed by atoms with van der Waals surface area (Å²) in [6.45, 7) is 1.93. The SMILES string of the molecule is COc1ccc(Nc2cc(NC3CCCCCC3)nc(C)n2)cc1. The first-order chi connectivity index (χ1) is 11.7. The maximum Gasteiger partial charge on any atom is 0.136 e. The van der Waals surface area contributed by atoms with E-state index in [1.165, 1.54) is 38.5 Å². The molecule has 5 heteroatoms. The lowest BCUT2D eigenvalue weighted by Crippen LogP contribution is -2.19. The molecule has 0 aliphatic heterocycles. The van der Waals surface area contributed by atoms with Crippen LogP contribution in [0.25, 0.3) is 0 Å². The third-order valence-corrected chi connectivity index (χ3v) is 4.41. The van der Waals surface area contributed by atoms with Gasteiger partial charge in [-0.3, -0.25) is 0 Å². The molecule has 1 saturated carbocycles. The zero-order valence-corrected chi connectivity index (χ0v) is 14.5. The Kier molecular flexibility index (Phi) is 5.51. The van der Waals surface area contributed by atoms with Crippen molar-refractivity contribution in [1.82, 2.24) is 9.97 Å². The van der Waals surface area contributed by atoms with Crippen LogP contribution >= 0.6 is 0 Å². The van der Waals surface area contributed by atoms with Crippen molar-refractivity contribution in [2.24, 2.45) is 0 Å². The lowest BCUT2D eigenvalue weighted by atomic mass is 10.1. The zero-order chi connectivity index (χ0) is 16.8. The van der Waals surface area contributed by atoms with E-state index in [-0.39, 0.29) is 0 Å². The summed E-state index contributed by atoms with van der Waals surface area (Å²) in [6, 6.07) is 10.3. The molecule has 128 valence electrons. The van der Waals surface area contributed by atoms with Gasteiger partial charge in [0.1, 0.15) is 23.2 Å². The molecule has 1 heterocycles. The first-order valence-corrected chi connectivity index (χ1v) is 8.76. The van der Waals surface area contributed by atoms with Gasteiger partial charge >= 0.3 is 0 Å². The van der Waals surface area contributed by atoms with E-state index in [4.69, 9.17) is 4.74 Å². The standard InChI is InChI=1S/C19H26N4O/c1-14-20-18(22-15-7-5-3-4-6-8-15)13-19(21-14)23-16-9-11-17(24-2)12-10-16/h9-13,15H,3-8H2,1-2H3,(H2,20,21,22,23). The van der Waals surface area contributed by atoms with E-state index in [2.05, 4.69) is 20.6 Å². The van der Waals surface area contributed by atoms with E-state index in [0.717, 1.165) is 28.9 Å². The van der Waals surface area contributed by atoms with Gasteiger partial charge in [0.15, 0.2) is 0 Å². The molecule has 2 N–H and O–H groups in total. The third-order valence-electron chi connectivity index (χ3n) is 4.41. The Hall–Kier alpha value is -2.30. The van der Waals surface area contributed by atoms with Gasteiger partial charge in [-0.1, -0.05) is 25.7 Å². The van der Waals surface area contributed by atoms with Crippen LogP contribution in [-0.2, 0) is 0 Å². The van der Waals surface area contributed by atoms with Crippen LogP contribution in [0.1, 0.15) is 44.3 Å². The number of aromatic nitrogens is 2. The molecule has 1 aliphatic carbocycles. The van der Waals surface area contributed by atoms with E-state index in [1.54, 1.807) is 7.11 Å². The molecule has 5 nitrogen and oxygen atoms in total. The minimum Gasteiger partial charge on any atom is -0.497 e. The molecular formula is C19H26N4O. The third kappa shape index (κ3) is 4.60. The molecule has 0 amide bonds. The number of aryl methyl sites for hydroxylation is 1. The lowest BCUT2D eigenvalue weighted by molar-refractivity contribution is 0.415. The van der Waals surface area contributed by atoms with Gasteiger partial charge in [-0.05, 0) is 44.0 Å². The number of benzene rings is 1. The highest BCUT2D eigenvalue weighted by Crippen LogP contribution is 2.23. The van der Waals surface area contributed by atoms with Crippen LogP contribution in [0, 0.1) is 6.92 Å². The summed E-state index contributed by atoms with van der Waals surface area (Å²) < 4.78 is 5.19. The van der Waals surface area contributed by atoms with Crippen LogP contribution in [-0.4, -0.2) is 23.1 Å². The number of methoxy groups -OCH3 is 1. The van der Waals surface area contributed by atoms with Crippen molar-refractivity contribution in [3.05, 3.63) is 36.2 Å². The summed E-state index contributed by atoms with van der Waals surface area (Å²) in [5.74, 6) is 3.33. The number of hydrogen-bond donors (Lipinski definition) is 2. The van der Waals surface area contributed by atoms with Crippen LogP contribution in [0.2, 0.25) is 0 Å². The second-order valence-electron chi connectivity index (χ2n) is 6.37. The number of nitrogens with one attached hydrogen (secondary N) is 2. The molecule has 1 aromatic heterocycles. The second kappa shape index (κ2) is 7.99. The minimum atomic E-state index is 0.524. The van der Waals surface area contributed by atoms with Crippen molar-refractivity contribution in [3.63, 3.8) is 0 Å². The molecule has 1 aromatic carbocycles. The molecule has 0 spiro atoms. The molecule has 0 saturated heterocycles. The Balaban J connectivity index is 1.70. The van der Waals surface area contributed by atoms with Crippen LogP contribution < -0.4 is 15.4 Å². The number of hydrogen-bond acceptors (Lipinski definition) is 5. The maximum absolute atomic E-state index is 5.19. The first kappa shape index (κ1) is 16.6. The summed E-state index contributed by atoms with van der Waals surface area (Å²) in [5.41, 5.74) is 0.981. The highest BCUT2D eigenvalue weighted by molar-refractivity contribution is 5.60. The van der Waals surface area contributed by atoms with Gasteiger partial charge in [-0.2, -0.15) is 0 Å². The van der Waals surface area contributed by atoms with E-state index in [0.29, 0.717) is 6.04 Å². The molecule has 2 aromatic rings. The van der Waals surface area contributed by atoms with Gasteiger partial charge in [0.2, 0.25) is 0 Å². The predicted molar refractivity (Wildman–Crippen MR) is 98.2 cm³/mol. The van der Waals surface area contributed by atoms with Gasteiger partial charge in [0.25, 0.3) is 0 Å². The van der Waals surface area contributed by atoms with Gasteiger partial charge in [0.05, 0.1) is 7.11 Å². The van der Waals surface area contributed by atoms with E-state index >= 15 is 0 Å². The fourth-order valence-electron chi connectivity index (χ4n) is 3.16. The Morgan fingerprint density at radius 1 is 0.958 bits per heavy atom. The number of rotatable bonds is 5. The van der Waals surface area contributed by atoms with E-state index in [9.17, 15) is 0 Å². The van der Waals surface area contributed by atoms with Crippen LogP contribution in [0.15, 0.2) is 30.3 Å². The van der Waals surface area contributed by atoms with Crippen LogP contribution in [0.4, 0.5) is 17.3 Å². The molecule has 0 atom stereocenters. The van der Waals surface area contributed by atoms with Gasteiger partial charge < -0.3 is 15.4 Å². The van der Waals surface area contributed by atoms with Crippen LogP contribution in [0.5, 0.6) is 5.75 Å². The number of ether oxygens (including phenoxy) is 1. The molecule has 1 fully saturated rings. The average Bonchev–Trinajstić information content (AvgIpc) is 2.84. The van der Waals surface area contributed by atoms with E-state index in [1.807, 2.05) is 37.3 Å². The van der Waals surface area contributed by atoms with Gasteiger partial charge in [0, 0.05) is 17.8 Å². The summed E-state index contributed by atoms with van der Waals surface area (Å²) in [7, 11) is 1.67. The normalized spacial score (nSPS) is 15.6. The van der Waals surface area contributed by atoms with Crippen molar-refractivity contribution >= 4 is 17.3 Å². The molecule has 3 rings (SSSR count). The Morgan fingerprint density at radius 2 is 1.62 bits per heavy atom. The molecular weight excluding hydrogens is 300 g/mol. The molecule has 0 unspecified atom stereocenters. The number of anilines is 3. The minimum absolute atomic E-state index is 0.524. The molecule has 0 bridgehead atoms. The monoisotopic (exact) mass is 326 g/mol. The zero-order valence-electron chi connectivity index (χ0n) is 14.5. The van der Waals surface area contributed by atoms with E-state index < -0.39 is 0 Å². The Labute approximate surface area is 143 Å². The Morgan fingerprint density at radius 3 is 2.29 bits per heavy atom. The lowest BCUT2D eigenvalue weighted by Gasteiger charge is -2.18. The quantitative estimate of drug-likeness (QED) is 0.782. The summed E-state index contributed by atoms with van der Waals surface area (Å²) in [5, 5.41) is 6.93. The van der Waals surface area contributed by atoms with Crippen molar-refractivity contribution in [2.45, 2.75) is 51.5 Å². The van der Waals surface area contributed by atoms with Crippen molar-refractivity contribution in [3.8, 4) is 5.75 Å². The topological polar surface area (TPSA) is 59.1 Å². The smallest absolute Gasteiger partial charge is 0.136 e. The van der Waals surface area contributed by atoms with Crippen LogP contribution in [0.3, 0.4) is 0 Å². The predicted octanol–water partition coefficient (Wildman–Crippen LogP) is 4.67. The summed E-state index contributed by atoms with van der Waals surface area (Å²) in [6.07, 6.45) is 7.77. The van der Waals surface area contributed by atoms with Crippen molar-refractivity contribution < 1.29 is 4.74 Å². The molecule has 1 aliphatic rings. The average molecular weight is 326 g/mol. The maximum atomic E-state index is 5.19. The fraction of sp³-hybridized carbons (Fsp3) is 0.474. The Bertz CT molecular complexity index is 649. The van der Waals surface area contributed by atoms with Gasteiger partial charge in [-0.25, -0.2) is 9.97 Å². The first-order valence-electron chi connectivity index (χ1n) is 8.76. The second-order valence-corrected chi connectivity index (χ2v) is 6.37. The van der Waals surface area contributed by atoms with Crippen molar-refractivity contribution in [1.29, 1.82) is 0 Å². The summed E-state index contributed by atoms with van der Waals surface area (Å²) in [4.78, 5) is 9.04. The van der Waals surface area contributed by atoms with Gasteiger partial charge in [-0.15, -0.1) is 0 Å². The van der Waals surface area contributed by atoms with Crippen molar-refractivity contribution in [2.75, 3.05) is 17.7 Å². The highest BCUT2D eigenvalue weighted by Gasteiger charge is 2.13. The summed E-state index contributed by atoms with van der Waals surface area (Å²) >= 11 is 0. The largest absolute Gasteiger partial charge is 0.497 e. The molecule has 24 heavy (non-hydrogen) atoms. The number of nitrogens with zero attached hydrogens (tertiary/aromatic N) is 2. The molecule has 0 radical (unpaired) electrons.